The zero-order valence-electron chi connectivity index (χ0n) is 11.5. The summed E-state index contributed by atoms with van der Waals surface area (Å²) < 4.78 is 1.39. The predicted molar refractivity (Wildman–Crippen MR) is 73.8 cm³/mol. The maximum absolute atomic E-state index is 11.7. The molecule has 8 heteroatoms. The van der Waals surface area contributed by atoms with Crippen LogP contribution in [0.25, 0.3) is 5.65 Å². The van der Waals surface area contributed by atoms with Gasteiger partial charge < -0.3 is 19.9 Å². The molecule has 2 heterocycles. The summed E-state index contributed by atoms with van der Waals surface area (Å²) in [5.41, 5.74) is 0.471. The molecule has 20 heavy (non-hydrogen) atoms. The molecule has 0 aliphatic heterocycles. The highest BCUT2D eigenvalue weighted by molar-refractivity contribution is 5.81. The standard InChI is InChI=1S/C12H15N5O3/c1-14(2)10(18)8-15(3)11-12(17(19)20)16-7-5-4-6-9(16)13-11/h4-7H,8H2,1-3H3. The van der Waals surface area contributed by atoms with E-state index in [9.17, 15) is 14.9 Å². The summed E-state index contributed by atoms with van der Waals surface area (Å²) in [5, 5.41) is 11.2. The van der Waals surface area contributed by atoms with E-state index in [4.69, 9.17) is 0 Å². The van der Waals surface area contributed by atoms with Crippen LogP contribution in [0.2, 0.25) is 0 Å². The van der Waals surface area contributed by atoms with Gasteiger partial charge in [-0.2, -0.15) is 9.38 Å². The first-order chi connectivity index (χ1) is 9.41. The van der Waals surface area contributed by atoms with Crippen LogP contribution < -0.4 is 4.90 Å². The molecule has 0 aliphatic rings. The number of imidazole rings is 1. The van der Waals surface area contributed by atoms with Gasteiger partial charge in [-0.05, 0) is 11.0 Å². The Hall–Kier alpha value is -2.64. The summed E-state index contributed by atoms with van der Waals surface area (Å²) >= 11 is 0. The minimum atomic E-state index is -0.494. The Kier molecular flexibility index (Phi) is 3.55. The van der Waals surface area contributed by atoms with Crippen molar-refractivity contribution in [2.45, 2.75) is 0 Å². The van der Waals surface area contributed by atoms with Crippen molar-refractivity contribution >= 4 is 23.2 Å². The summed E-state index contributed by atoms with van der Waals surface area (Å²) in [6.45, 7) is 0.0255. The number of nitrogens with zero attached hydrogens (tertiary/aromatic N) is 5. The highest BCUT2D eigenvalue weighted by Crippen LogP contribution is 2.27. The Morgan fingerprint density at radius 1 is 1.40 bits per heavy atom. The van der Waals surface area contributed by atoms with E-state index < -0.39 is 4.92 Å². The average molecular weight is 277 g/mol. The highest BCUT2D eigenvalue weighted by atomic mass is 16.6. The van der Waals surface area contributed by atoms with E-state index in [1.54, 1.807) is 45.5 Å². The van der Waals surface area contributed by atoms with E-state index >= 15 is 0 Å². The molecule has 2 aromatic rings. The van der Waals surface area contributed by atoms with Gasteiger partial charge in [0.15, 0.2) is 0 Å². The number of aromatic nitrogens is 2. The quantitative estimate of drug-likeness (QED) is 0.608. The SMILES string of the molecule is CN(C)C(=O)CN(C)c1nc2ccccn2c1[N+](=O)[O-]. The van der Waals surface area contributed by atoms with Crippen molar-refractivity contribution in [2.75, 3.05) is 32.6 Å². The van der Waals surface area contributed by atoms with E-state index in [1.807, 2.05) is 0 Å². The van der Waals surface area contributed by atoms with Crippen LogP contribution in [-0.4, -0.2) is 52.8 Å². The smallest absolute Gasteiger partial charge is 0.358 e. The molecule has 0 saturated carbocycles. The molecule has 1 amide bonds. The molecule has 2 rings (SSSR count). The Labute approximate surface area is 115 Å². The number of anilines is 1. The summed E-state index contributed by atoms with van der Waals surface area (Å²) in [6, 6.07) is 5.12. The number of fused-ring (bicyclic) bond motifs is 1. The van der Waals surface area contributed by atoms with Crippen LogP contribution in [0.5, 0.6) is 0 Å². The van der Waals surface area contributed by atoms with Crippen LogP contribution in [0.3, 0.4) is 0 Å². The second-order valence-corrected chi connectivity index (χ2v) is 4.59. The molecule has 106 valence electrons. The summed E-state index contributed by atoms with van der Waals surface area (Å²) in [7, 11) is 4.87. The summed E-state index contributed by atoms with van der Waals surface area (Å²) in [6.07, 6.45) is 1.57. The van der Waals surface area contributed by atoms with Gasteiger partial charge in [-0.15, -0.1) is 0 Å². The number of amides is 1. The van der Waals surface area contributed by atoms with Gasteiger partial charge in [0.2, 0.25) is 17.4 Å². The lowest BCUT2D eigenvalue weighted by Gasteiger charge is -2.18. The van der Waals surface area contributed by atoms with Crippen molar-refractivity contribution in [1.82, 2.24) is 14.3 Å². The molecule has 0 spiro atoms. The summed E-state index contributed by atoms with van der Waals surface area (Å²) in [4.78, 5) is 29.6. The third-order valence-electron chi connectivity index (χ3n) is 2.89. The first kappa shape index (κ1) is 13.8. The van der Waals surface area contributed by atoms with E-state index in [1.165, 1.54) is 14.2 Å². The third kappa shape index (κ3) is 2.40. The monoisotopic (exact) mass is 277 g/mol. The highest BCUT2D eigenvalue weighted by Gasteiger charge is 2.26. The Morgan fingerprint density at radius 2 is 2.10 bits per heavy atom. The molecule has 0 bridgehead atoms. The number of hydrogen-bond donors (Lipinski definition) is 0. The average Bonchev–Trinajstić information content (AvgIpc) is 2.77. The fourth-order valence-corrected chi connectivity index (χ4v) is 1.82. The van der Waals surface area contributed by atoms with Crippen LogP contribution in [0.4, 0.5) is 11.6 Å². The lowest BCUT2D eigenvalue weighted by atomic mass is 10.4. The third-order valence-corrected chi connectivity index (χ3v) is 2.89. The van der Waals surface area contributed by atoms with Gasteiger partial charge in [0.1, 0.15) is 0 Å². The van der Waals surface area contributed by atoms with Gasteiger partial charge in [0.05, 0.1) is 12.7 Å². The molecule has 0 radical (unpaired) electrons. The largest absolute Gasteiger partial charge is 0.372 e. The second-order valence-electron chi connectivity index (χ2n) is 4.59. The normalized spacial score (nSPS) is 10.6. The fraction of sp³-hybridized carbons (Fsp3) is 0.333. The zero-order chi connectivity index (χ0) is 14.9. The van der Waals surface area contributed by atoms with E-state index in [-0.39, 0.29) is 24.1 Å². The Bertz CT molecular complexity index is 664. The molecule has 8 nitrogen and oxygen atoms in total. The van der Waals surface area contributed by atoms with Crippen LogP contribution in [0.1, 0.15) is 0 Å². The molecular weight excluding hydrogens is 262 g/mol. The lowest BCUT2D eigenvalue weighted by Crippen LogP contribution is -2.34. The Balaban J connectivity index is 2.45. The van der Waals surface area contributed by atoms with Crippen LogP contribution in [-0.2, 0) is 4.79 Å². The zero-order valence-corrected chi connectivity index (χ0v) is 11.5. The molecule has 0 saturated heterocycles. The maximum Gasteiger partial charge on any atom is 0.372 e. The van der Waals surface area contributed by atoms with Crippen LogP contribution >= 0.6 is 0 Å². The van der Waals surface area contributed by atoms with Crippen molar-refractivity contribution in [3.8, 4) is 0 Å². The maximum atomic E-state index is 11.7. The first-order valence-electron chi connectivity index (χ1n) is 5.94. The molecular formula is C12H15N5O3. The Morgan fingerprint density at radius 3 is 2.70 bits per heavy atom. The van der Waals surface area contributed by atoms with Gasteiger partial charge in [-0.25, -0.2) is 0 Å². The van der Waals surface area contributed by atoms with Crippen molar-refractivity contribution in [3.05, 3.63) is 34.5 Å². The number of hydrogen-bond acceptors (Lipinski definition) is 5. The van der Waals surface area contributed by atoms with Gasteiger partial charge in [0.25, 0.3) is 0 Å². The van der Waals surface area contributed by atoms with Gasteiger partial charge in [-0.1, -0.05) is 6.07 Å². The number of carbonyl (C=O) groups excluding carboxylic acids is 1. The minimum absolute atomic E-state index is 0.0255. The number of nitro groups is 1. The van der Waals surface area contributed by atoms with Crippen LogP contribution in [0, 0.1) is 10.1 Å². The van der Waals surface area contributed by atoms with E-state index in [0.29, 0.717) is 5.65 Å². The van der Waals surface area contributed by atoms with Gasteiger partial charge in [0, 0.05) is 27.2 Å². The van der Waals surface area contributed by atoms with Crippen molar-refractivity contribution in [1.29, 1.82) is 0 Å². The minimum Gasteiger partial charge on any atom is -0.358 e. The predicted octanol–water partition coefficient (Wildman–Crippen LogP) is 0.767. The lowest BCUT2D eigenvalue weighted by molar-refractivity contribution is -0.389. The van der Waals surface area contributed by atoms with E-state index in [2.05, 4.69) is 4.98 Å². The molecule has 0 atom stereocenters. The van der Waals surface area contributed by atoms with Crippen LogP contribution in [0.15, 0.2) is 24.4 Å². The number of carbonyl (C=O) groups is 1. The molecule has 2 aromatic heterocycles. The van der Waals surface area contributed by atoms with Gasteiger partial charge in [-0.3, -0.25) is 4.79 Å². The molecule has 0 unspecified atom stereocenters. The first-order valence-corrected chi connectivity index (χ1v) is 5.94. The molecule has 0 N–H and O–H groups in total. The summed E-state index contributed by atoms with van der Waals surface area (Å²) in [5.74, 6) is -0.120. The molecule has 0 fully saturated rings. The number of likely N-dealkylation sites (N-methyl/N-ethyl adjacent to an activating group) is 2. The number of pyridine rings is 1. The van der Waals surface area contributed by atoms with Crippen molar-refractivity contribution in [3.63, 3.8) is 0 Å². The topological polar surface area (TPSA) is 84.0 Å². The number of rotatable bonds is 4. The molecule has 0 aliphatic carbocycles. The van der Waals surface area contributed by atoms with Gasteiger partial charge >= 0.3 is 5.82 Å². The van der Waals surface area contributed by atoms with Crippen molar-refractivity contribution < 1.29 is 9.72 Å². The molecule has 0 aromatic carbocycles. The van der Waals surface area contributed by atoms with E-state index in [0.717, 1.165) is 0 Å². The second kappa shape index (κ2) is 5.16. The fourth-order valence-electron chi connectivity index (χ4n) is 1.82. The van der Waals surface area contributed by atoms with Crippen molar-refractivity contribution in [2.24, 2.45) is 0 Å².